The molecule has 1 saturated carbocycles. The molecule has 1 aromatic carbocycles. The van der Waals surface area contributed by atoms with Crippen molar-refractivity contribution in [1.82, 2.24) is 19.1 Å². The Morgan fingerprint density at radius 1 is 1.24 bits per heavy atom. The molecule has 158 valence electrons. The summed E-state index contributed by atoms with van der Waals surface area (Å²) in [5, 5.41) is 8.54. The third-order valence-electron chi connectivity index (χ3n) is 6.67. The van der Waals surface area contributed by atoms with Crippen molar-refractivity contribution in [3.63, 3.8) is 0 Å². The second kappa shape index (κ2) is 7.80. The van der Waals surface area contributed by atoms with Gasteiger partial charge in [0.25, 0.3) is 0 Å². The fourth-order valence-electron chi connectivity index (χ4n) is 5.05. The molecule has 0 bridgehead atoms. The van der Waals surface area contributed by atoms with Crippen molar-refractivity contribution < 1.29 is 12.8 Å². The van der Waals surface area contributed by atoms with Crippen LogP contribution >= 0.6 is 0 Å². The number of nitrogens with zero attached hydrogens (tertiary/aromatic N) is 4. The van der Waals surface area contributed by atoms with Crippen LogP contribution in [0.1, 0.15) is 62.8 Å². The minimum Gasteiger partial charge on any atom is -0.317 e. The van der Waals surface area contributed by atoms with E-state index in [2.05, 4.69) is 21.7 Å². The number of hydrogen-bond acceptors (Lipinski definition) is 4. The lowest BCUT2D eigenvalue weighted by Gasteiger charge is -2.37. The molecule has 0 radical (unpaired) electrons. The number of aryl methyl sites for hydroxylation is 2. The van der Waals surface area contributed by atoms with Crippen LogP contribution in [0.2, 0.25) is 0 Å². The first-order valence-corrected chi connectivity index (χ1v) is 12.0. The van der Waals surface area contributed by atoms with E-state index in [1.165, 1.54) is 18.6 Å². The first kappa shape index (κ1) is 20.5. The molecule has 2 fully saturated rings. The Morgan fingerprint density at radius 3 is 2.69 bits per heavy atom. The Hall–Kier alpha value is -1.80. The SMILES string of the molecule is CCCn1cnnc1C1CN(S(=O)(=O)c2ccc(C)c(F)c2)CC12CCCCC2. The second-order valence-corrected chi connectivity index (χ2v) is 10.5. The van der Waals surface area contributed by atoms with Gasteiger partial charge in [-0.2, -0.15) is 4.31 Å². The molecule has 29 heavy (non-hydrogen) atoms. The summed E-state index contributed by atoms with van der Waals surface area (Å²) < 4.78 is 44.4. The highest BCUT2D eigenvalue weighted by Gasteiger charge is 2.52. The Kier molecular flexibility index (Phi) is 5.50. The summed E-state index contributed by atoms with van der Waals surface area (Å²) in [6.07, 6.45) is 8.09. The highest BCUT2D eigenvalue weighted by Crippen LogP contribution is 2.52. The van der Waals surface area contributed by atoms with E-state index in [-0.39, 0.29) is 16.2 Å². The Bertz CT molecular complexity index is 982. The second-order valence-electron chi connectivity index (χ2n) is 8.57. The lowest BCUT2D eigenvalue weighted by Crippen LogP contribution is -2.34. The fourth-order valence-corrected chi connectivity index (χ4v) is 6.62. The van der Waals surface area contributed by atoms with E-state index in [0.29, 0.717) is 18.7 Å². The number of aromatic nitrogens is 3. The molecule has 2 heterocycles. The van der Waals surface area contributed by atoms with Gasteiger partial charge < -0.3 is 4.57 Å². The summed E-state index contributed by atoms with van der Waals surface area (Å²) in [6.45, 7) is 5.41. The van der Waals surface area contributed by atoms with E-state index < -0.39 is 15.8 Å². The zero-order chi connectivity index (χ0) is 20.6. The molecule has 2 aromatic rings. The highest BCUT2D eigenvalue weighted by atomic mass is 32.2. The molecule has 1 aliphatic carbocycles. The largest absolute Gasteiger partial charge is 0.317 e. The maximum absolute atomic E-state index is 14.1. The summed E-state index contributed by atoms with van der Waals surface area (Å²) in [6, 6.07) is 4.18. The van der Waals surface area contributed by atoms with Crippen LogP contribution < -0.4 is 0 Å². The van der Waals surface area contributed by atoms with Crippen LogP contribution in [0.4, 0.5) is 4.39 Å². The molecule has 1 spiro atoms. The van der Waals surface area contributed by atoms with Gasteiger partial charge in [0.2, 0.25) is 10.0 Å². The lowest BCUT2D eigenvalue weighted by molar-refractivity contribution is 0.176. The quantitative estimate of drug-likeness (QED) is 0.736. The van der Waals surface area contributed by atoms with E-state index in [9.17, 15) is 12.8 Å². The maximum Gasteiger partial charge on any atom is 0.243 e. The maximum atomic E-state index is 14.1. The molecule has 6 nitrogen and oxygen atoms in total. The van der Waals surface area contributed by atoms with E-state index in [4.69, 9.17) is 0 Å². The predicted octanol–water partition coefficient (Wildman–Crippen LogP) is 3.87. The number of sulfonamides is 1. The highest BCUT2D eigenvalue weighted by molar-refractivity contribution is 7.89. The van der Waals surface area contributed by atoms with Crippen LogP contribution in [-0.4, -0.2) is 40.6 Å². The average Bonchev–Trinajstić information content (AvgIpc) is 3.30. The normalized spacial score (nSPS) is 22.4. The van der Waals surface area contributed by atoms with Gasteiger partial charge in [-0.15, -0.1) is 10.2 Å². The summed E-state index contributed by atoms with van der Waals surface area (Å²) in [5.41, 5.74) is 0.326. The minimum absolute atomic E-state index is 0.0157. The van der Waals surface area contributed by atoms with Gasteiger partial charge in [-0.05, 0) is 49.3 Å². The van der Waals surface area contributed by atoms with Crippen molar-refractivity contribution in [2.45, 2.75) is 69.7 Å². The number of hydrogen-bond donors (Lipinski definition) is 0. The van der Waals surface area contributed by atoms with Gasteiger partial charge in [0.05, 0.1) is 4.90 Å². The van der Waals surface area contributed by atoms with Crippen molar-refractivity contribution in [3.05, 3.63) is 41.7 Å². The molecule has 1 saturated heterocycles. The van der Waals surface area contributed by atoms with Crippen molar-refractivity contribution in [1.29, 1.82) is 0 Å². The van der Waals surface area contributed by atoms with Gasteiger partial charge >= 0.3 is 0 Å². The summed E-state index contributed by atoms with van der Waals surface area (Å²) >= 11 is 0. The molecule has 0 amide bonds. The molecule has 1 aromatic heterocycles. The fraction of sp³-hybridized carbons (Fsp3) is 0.619. The number of halogens is 1. The number of rotatable bonds is 5. The van der Waals surface area contributed by atoms with Crippen LogP contribution in [-0.2, 0) is 16.6 Å². The summed E-state index contributed by atoms with van der Waals surface area (Å²) in [5.74, 6) is 0.417. The molecule has 1 aliphatic heterocycles. The molecule has 4 rings (SSSR count). The van der Waals surface area contributed by atoms with Crippen LogP contribution in [0, 0.1) is 18.2 Å². The first-order chi connectivity index (χ1) is 13.9. The molecule has 0 N–H and O–H groups in total. The van der Waals surface area contributed by atoms with Crippen molar-refractivity contribution in [2.75, 3.05) is 13.1 Å². The zero-order valence-corrected chi connectivity index (χ0v) is 18.0. The van der Waals surface area contributed by atoms with E-state index in [1.54, 1.807) is 17.6 Å². The number of benzene rings is 1. The van der Waals surface area contributed by atoms with Crippen LogP contribution in [0.5, 0.6) is 0 Å². The Balaban J connectivity index is 1.71. The molecule has 2 aliphatic rings. The molecule has 1 atom stereocenters. The van der Waals surface area contributed by atoms with E-state index >= 15 is 0 Å². The predicted molar refractivity (Wildman–Crippen MR) is 108 cm³/mol. The van der Waals surface area contributed by atoms with Gasteiger partial charge in [0.1, 0.15) is 18.0 Å². The topological polar surface area (TPSA) is 68.1 Å². The monoisotopic (exact) mass is 420 g/mol. The van der Waals surface area contributed by atoms with Gasteiger partial charge in [-0.25, -0.2) is 12.8 Å². The van der Waals surface area contributed by atoms with Gasteiger partial charge in [-0.1, -0.05) is 32.3 Å². The van der Waals surface area contributed by atoms with Crippen LogP contribution in [0.3, 0.4) is 0 Å². The third-order valence-corrected chi connectivity index (χ3v) is 8.48. The third kappa shape index (κ3) is 3.61. The summed E-state index contributed by atoms with van der Waals surface area (Å²) in [7, 11) is -3.77. The molecule has 8 heteroatoms. The van der Waals surface area contributed by atoms with Gasteiger partial charge in [0, 0.05) is 25.6 Å². The van der Waals surface area contributed by atoms with Gasteiger partial charge in [0.15, 0.2) is 0 Å². The van der Waals surface area contributed by atoms with E-state index in [0.717, 1.165) is 50.5 Å². The zero-order valence-electron chi connectivity index (χ0n) is 17.1. The molecular weight excluding hydrogens is 391 g/mol. The van der Waals surface area contributed by atoms with Gasteiger partial charge in [-0.3, -0.25) is 0 Å². The van der Waals surface area contributed by atoms with Crippen molar-refractivity contribution in [3.8, 4) is 0 Å². The molecular formula is C21H29FN4O2S. The summed E-state index contributed by atoms with van der Waals surface area (Å²) in [4.78, 5) is 0.0298. The standard InChI is InChI=1S/C21H29FN4O2S/c1-3-11-25-15-23-24-20(25)18-13-26(14-21(18)9-5-4-6-10-21)29(27,28)17-8-7-16(2)19(22)12-17/h7-8,12,15,18H,3-6,9-11,13-14H2,1-2H3. The molecule has 1 unspecified atom stereocenters. The average molecular weight is 421 g/mol. The lowest BCUT2D eigenvalue weighted by atomic mass is 9.67. The Labute approximate surface area is 172 Å². The van der Waals surface area contributed by atoms with Crippen LogP contribution in [0.15, 0.2) is 29.4 Å². The minimum atomic E-state index is -3.77. The van der Waals surface area contributed by atoms with E-state index in [1.807, 2.05) is 0 Å². The Morgan fingerprint density at radius 2 is 2.00 bits per heavy atom. The van der Waals surface area contributed by atoms with Crippen molar-refractivity contribution >= 4 is 10.0 Å². The van der Waals surface area contributed by atoms with Crippen LogP contribution in [0.25, 0.3) is 0 Å². The first-order valence-electron chi connectivity index (χ1n) is 10.5. The smallest absolute Gasteiger partial charge is 0.243 e. The van der Waals surface area contributed by atoms with Crippen molar-refractivity contribution in [2.24, 2.45) is 5.41 Å².